The third-order valence-electron chi connectivity index (χ3n) is 3.27. The molecule has 0 aromatic heterocycles. The Kier molecular flexibility index (Phi) is 4.22. The minimum Gasteiger partial charge on any atom is -0.364 e. The number of nitrogens with one attached hydrogen (secondary N) is 1. The third-order valence-corrected chi connectivity index (χ3v) is 4.90. The second-order valence-electron chi connectivity index (χ2n) is 4.90. The largest absolute Gasteiger partial charge is 0.364 e. The summed E-state index contributed by atoms with van der Waals surface area (Å²) in [5, 5.41) is 2.23. The number of thioether (sulfide) groups is 1. The van der Waals surface area contributed by atoms with E-state index in [1.165, 1.54) is 4.90 Å². The van der Waals surface area contributed by atoms with E-state index < -0.39 is 5.37 Å². The molecule has 22 heavy (non-hydrogen) atoms. The molecule has 1 aliphatic rings. The Labute approximate surface area is 141 Å². The van der Waals surface area contributed by atoms with Crippen LogP contribution in [0.2, 0.25) is 0 Å². The molecule has 0 aliphatic carbocycles. The molecule has 0 bridgehead atoms. The number of aryl methyl sites for hydroxylation is 1. The number of para-hydroxylation sites is 1. The Morgan fingerprint density at radius 1 is 1.14 bits per heavy atom. The molecule has 0 saturated carbocycles. The van der Waals surface area contributed by atoms with Gasteiger partial charge >= 0.3 is 0 Å². The molecule has 2 aromatic carbocycles. The maximum Gasteiger partial charge on any atom is 0.295 e. The normalized spacial score (nSPS) is 17.9. The van der Waals surface area contributed by atoms with Gasteiger partial charge in [-0.05, 0) is 64.4 Å². The van der Waals surface area contributed by atoms with Crippen LogP contribution >= 0.6 is 27.7 Å². The van der Waals surface area contributed by atoms with Gasteiger partial charge in [-0.25, -0.2) is 4.90 Å². The lowest BCUT2D eigenvalue weighted by atomic mass is 10.2. The average molecular weight is 377 g/mol. The zero-order valence-electron chi connectivity index (χ0n) is 11.7. The fraction of sp³-hybridized carbons (Fsp3) is 0.125. The van der Waals surface area contributed by atoms with Crippen molar-refractivity contribution < 1.29 is 9.59 Å². The Balaban J connectivity index is 1.84. The molecular weight excluding hydrogens is 364 g/mol. The minimum absolute atomic E-state index is 0.253. The Morgan fingerprint density at radius 3 is 2.64 bits per heavy atom. The van der Waals surface area contributed by atoms with Gasteiger partial charge in [-0.3, -0.25) is 9.59 Å². The van der Waals surface area contributed by atoms with Crippen LogP contribution in [0.1, 0.15) is 5.56 Å². The molecule has 6 heteroatoms. The first kappa shape index (κ1) is 15.1. The summed E-state index contributed by atoms with van der Waals surface area (Å²) in [6, 6.07) is 14.9. The van der Waals surface area contributed by atoms with E-state index in [4.69, 9.17) is 0 Å². The monoisotopic (exact) mass is 376 g/mol. The van der Waals surface area contributed by atoms with Crippen molar-refractivity contribution >= 4 is 50.2 Å². The van der Waals surface area contributed by atoms with Gasteiger partial charge in [0.1, 0.15) is 0 Å². The summed E-state index contributed by atoms with van der Waals surface area (Å²) < 4.78 is 0.852. The number of carbonyl (C=O) groups is 2. The van der Waals surface area contributed by atoms with Crippen LogP contribution in [0, 0.1) is 6.92 Å². The van der Waals surface area contributed by atoms with Gasteiger partial charge in [-0.2, -0.15) is 0 Å². The smallest absolute Gasteiger partial charge is 0.295 e. The predicted molar refractivity (Wildman–Crippen MR) is 93.2 cm³/mol. The van der Waals surface area contributed by atoms with Crippen molar-refractivity contribution in [2.75, 3.05) is 10.2 Å². The Bertz CT molecular complexity index is 750. The molecule has 0 radical (unpaired) electrons. The van der Waals surface area contributed by atoms with Gasteiger partial charge < -0.3 is 5.32 Å². The molecule has 2 amide bonds. The minimum atomic E-state index is -0.619. The summed E-state index contributed by atoms with van der Waals surface area (Å²) in [6.07, 6.45) is 0. The van der Waals surface area contributed by atoms with E-state index in [0.717, 1.165) is 27.5 Å². The summed E-state index contributed by atoms with van der Waals surface area (Å²) in [5.41, 5.74) is 2.40. The summed E-state index contributed by atoms with van der Waals surface area (Å²) in [6.45, 7) is 1.93. The summed E-state index contributed by atoms with van der Waals surface area (Å²) in [5.74, 6) is -0.253. The van der Waals surface area contributed by atoms with Crippen molar-refractivity contribution in [3.8, 4) is 0 Å². The number of anilines is 2. The molecule has 3 rings (SSSR count). The third kappa shape index (κ3) is 2.89. The summed E-state index contributed by atoms with van der Waals surface area (Å²) in [4.78, 5) is 26.0. The van der Waals surface area contributed by atoms with Crippen LogP contribution < -0.4 is 10.2 Å². The van der Waals surface area contributed by atoms with Crippen LogP contribution in [-0.4, -0.2) is 16.5 Å². The molecule has 1 N–H and O–H groups in total. The molecule has 2 aromatic rings. The van der Waals surface area contributed by atoms with Gasteiger partial charge in [0.25, 0.3) is 11.1 Å². The number of benzene rings is 2. The van der Waals surface area contributed by atoms with E-state index >= 15 is 0 Å². The molecule has 1 saturated heterocycles. The van der Waals surface area contributed by atoms with E-state index in [0.29, 0.717) is 5.69 Å². The van der Waals surface area contributed by atoms with Crippen LogP contribution in [0.3, 0.4) is 0 Å². The second kappa shape index (κ2) is 6.14. The van der Waals surface area contributed by atoms with Crippen LogP contribution in [0.5, 0.6) is 0 Å². The number of amides is 2. The van der Waals surface area contributed by atoms with Crippen LogP contribution in [0.15, 0.2) is 53.0 Å². The van der Waals surface area contributed by atoms with Crippen molar-refractivity contribution in [2.45, 2.75) is 12.3 Å². The van der Waals surface area contributed by atoms with Gasteiger partial charge in [0.2, 0.25) is 0 Å². The zero-order chi connectivity index (χ0) is 15.7. The first-order valence-electron chi connectivity index (χ1n) is 6.68. The lowest BCUT2D eigenvalue weighted by Gasteiger charge is -2.15. The van der Waals surface area contributed by atoms with E-state index in [9.17, 15) is 9.59 Å². The average Bonchev–Trinajstić information content (AvgIpc) is 2.76. The van der Waals surface area contributed by atoms with Crippen molar-refractivity contribution in [2.24, 2.45) is 0 Å². The van der Waals surface area contributed by atoms with Gasteiger partial charge in [0.05, 0.1) is 5.69 Å². The summed E-state index contributed by atoms with van der Waals surface area (Å²) >= 11 is 4.42. The summed E-state index contributed by atoms with van der Waals surface area (Å²) in [7, 11) is 0. The number of nitrogens with zero attached hydrogens (tertiary/aromatic N) is 1. The number of hydrogen-bond acceptors (Lipinski definition) is 4. The standard InChI is InChI=1S/C16H13BrN2O2S/c1-10-5-4-6-11(9-10)19-15(20)14(22-16(19)21)18-13-8-3-2-7-12(13)17/h2-9,14,18H,1H3. The molecule has 1 aliphatic heterocycles. The fourth-order valence-corrected chi connectivity index (χ4v) is 3.52. The number of halogens is 1. The number of rotatable bonds is 3. The van der Waals surface area contributed by atoms with Crippen LogP contribution in [-0.2, 0) is 4.79 Å². The highest BCUT2D eigenvalue weighted by Crippen LogP contribution is 2.34. The van der Waals surface area contributed by atoms with Crippen molar-refractivity contribution in [3.05, 3.63) is 58.6 Å². The number of carbonyl (C=O) groups excluding carboxylic acids is 2. The fourth-order valence-electron chi connectivity index (χ4n) is 2.22. The van der Waals surface area contributed by atoms with Crippen molar-refractivity contribution in [1.29, 1.82) is 0 Å². The first-order valence-corrected chi connectivity index (χ1v) is 8.36. The lowest BCUT2D eigenvalue weighted by molar-refractivity contribution is -0.116. The highest BCUT2D eigenvalue weighted by molar-refractivity contribution is 9.10. The maximum absolute atomic E-state index is 12.5. The van der Waals surface area contributed by atoms with E-state index in [2.05, 4.69) is 21.2 Å². The molecule has 4 nitrogen and oxygen atoms in total. The van der Waals surface area contributed by atoms with Gasteiger partial charge in [0.15, 0.2) is 5.37 Å². The molecule has 112 valence electrons. The SMILES string of the molecule is Cc1cccc(N2C(=O)SC(Nc3ccccc3Br)C2=O)c1. The van der Waals surface area contributed by atoms with Crippen molar-refractivity contribution in [3.63, 3.8) is 0 Å². The Morgan fingerprint density at radius 2 is 1.91 bits per heavy atom. The van der Waals surface area contributed by atoms with Gasteiger partial charge in [-0.1, -0.05) is 24.3 Å². The highest BCUT2D eigenvalue weighted by atomic mass is 79.9. The van der Waals surface area contributed by atoms with E-state index in [1.807, 2.05) is 49.4 Å². The van der Waals surface area contributed by atoms with Gasteiger partial charge in [-0.15, -0.1) is 0 Å². The molecule has 1 unspecified atom stereocenters. The lowest BCUT2D eigenvalue weighted by Crippen LogP contribution is -2.34. The molecule has 1 fully saturated rings. The zero-order valence-corrected chi connectivity index (χ0v) is 14.1. The van der Waals surface area contributed by atoms with Crippen LogP contribution in [0.4, 0.5) is 16.2 Å². The molecular formula is C16H13BrN2O2S. The topological polar surface area (TPSA) is 49.4 Å². The first-order chi connectivity index (χ1) is 10.6. The maximum atomic E-state index is 12.5. The predicted octanol–water partition coefficient (Wildman–Crippen LogP) is 4.40. The quantitative estimate of drug-likeness (QED) is 0.862. The molecule has 0 spiro atoms. The van der Waals surface area contributed by atoms with E-state index in [1.54, 1.807) is 6.07 Å². The number of hydrogen-bond donors (Lipinski definition) is 1. The van der Waals surface area contributed by atoms with Crippen molar-refractivity contribution in [1.82, 2.24) is 0 Å². The number of imide groups is 1. The Hall–Kier alpha value is -1.79. The van der Waals surface area contributed by atoms with E-state index in [-0.39, 0.29) is 11.1 Å². The highest BCUT2D eigenvalue weighted by Gasteiger charge is 2.40. The molecule has 1 atom stereocenters. The van der Waals surface area contributed by atoms with Crippen LogP contribution in [0.25, 0.3) is 0 Å². The molecule has 1 heterocycles. The second-order valence-corrected chi connectivity index (χ2v) is 6.81. The van der Waals surface area contributed by atoms with Gasteiger partial charge in [0, 0.05) is 10.2 Å².